The molecule has 2 amide bonds. The Bertz CT molecular complexity index is 884. The lowest BCUT2D eigenvalue weighted by molar-refractivity contribution is 0.0916. The Morgan fingerprint density at radius 1 is 1.26 bits per heavy atom. The van der Waals surface area contributed by atoms with Gasteiger partial charge in [-0.25, -0.2) is 15.2 Å². The minimum absolute atomic E-state index is 0.228. The number of methoxy groups -OCH3 is 1. The van der Waals surface area contributed by atoms with Crippen molar-refractivity contribution in [2.45, 2.75) is 0 Å². The number of amides is 2. The van der Waals surface area contributed by atoms with Crippen LogP contribution in [-0.2, 0) is 11.8 Å². The third kappa shape index (κ3) is 2.88. The Morgan fingerprint density at radius 3 is 2.78 bits per heavy atom. The number of aromatic nitrogens is 2. The van der Waals surface area contributed by atoms with Crippen molar-refractivity contribution < 1.29 is 14.3 Å². The van der Waals surface area contributed by atoms with Gasteiger partial charge in [-0.1, -0.05) is 18.2 Å². The number of ether oxygens (including phenoxy) is 1. The third-order valence-electron chi connectivity index (χ3n) is 3.37. The highest BCUT2D eigenvalue weighted by Crippen LogP contribution is 2.29. The molecule has 0 aliphatic heterocycles. The monoisotopic (exact) mass is 330 g/mol. The first-order chi connectivity index (χ1) is 11.1. The van der Waals surface area contributed by atoms with E-state index < -0.39 is 12.0 Å². The predicted octanol–water partition coefficient (Wildman–Crippen LogP) is 2.30. The maximum absolute atomic E-state index is 11.9. The summed E-state index contributed by atoms with van der Waals surface area (Å²) < 4.78 is 6.40. The van der Waals surface area contributed by atoms with E-state index in [0.717, 1.165) is 21.6 Å². The highest BCUT2D eigenvalue weighted by molar-refractivity contribution is 7.13. The summed E-state index contributed by atoms with van der Waals surface area (Å²) >= 11 is 1.36. The number of nitrogens with one attached hydrogen (secondary N) is 2. The van der Waals surface area contributed by atoms with Crippen LogP contribution in [0.4, 0.5) is 4.79 Å². The maximum Gasteiger partial charge on any atom is 0.425 e. The minimum Gasteiger partial charge on any atom is -0.452 e. The van der Waals surface area contributed by atoms with Crippen molar-refractivity contribution in [2.24, 2.45) is 7.05 Å². The van der Waals surface area contributed by atoms with E-state index in [1.54, 1.807) is 5.38 Å². The second-order valence-corrected chi connectivity index (χ2v) is 5.61. The number of carbonyl (C=O) groups is 2. The second kappa shape index (κ2) is 6.09. The van der Waals surface area contributed by atoms with Crippen LogP contribution in [0.5, 0.6) is 0 Å². The number of rotatable bonds is 2. The molecule has 3 aromatic rings. The highest BCUT2D eigenvalue weighted by Gasteiger charge is 2.15. The Balaban J connectivity index is 1.84. The molecule has 8 heteroatoms. The summed E-state index contributed by atoms with van der Waals surface area (Å²) in [6, 6.07) is 10.0. The zero-order chi connectivity index (χ0) is 16.4. The molecule has 0 bridgehead atoms. The van der Waals surface area contributed by atoms with E-state index in [0.29, 0.717) is 0 Å². The molecule has 0 spiro atoms. The molecular weight excluding hydrogens is 316 g/mol. The first kappa shape index (κ1) is 15.0. The molecule has 0 aliphatic rings. The van der Waals surface area contributed by atoms with E-state index in [4.69, 9.17) is 0 Å². The number of hydrogen-bond acceptors (Lipinski definition) is 5. The molecule has 7 nitrogen and oxygen atoms in total. The number of hydrazine groups is 1. The van der Waals surface area contributed by atoms with Gasteiger partial charge in [0.15, 0.2) is 0 Å². The van der Waals surface area contributed by atoms with E-state index in [2.05, 4.69) is 20.6 Å². The summed E-state index contributed by atoms with van der Waals surface area (Å²) in [5.41, 5.74) is 6.59. The van der Waals surface area contributed by atoms with Crippen molar-refractivity contribution >= 4 is 34.2 Å². The van der Waals surface area contributed by atoms with Crippen LogP contribution in [0.3, 0.4) is 0 Å². The van der Waals surface area contributed by atoms with Gasteiger partial charge in [0, 0.05) is 23.3 Å². The Kier molecular flexibility index (Phi) is 3.98. The van der Waals surface area contributed by atoms with E-state index in [1.807, 2.05) is 41.9 Å². The van der Waals surface area contributed by atoms with Crippen molar-refractivity contribution in [3.63, 3.8) is 0 Å². The van der Waals surface area contributed by atoms with Gasteiger partial charge in [-0.2, -0.15) is 0 Å². The molecule has 0 saturated heterocycles. The number of thiazole rings is 1. The van der Waals surface area contributed by atoms with E-state index in [1.165, 1.54) is 18.4 Å². The van der Waals surface area contributed by atoms with Crippen molar-refractivity contribution in [3.05, 3.63) is 41.4 Å². The highest BCUT2D eigenvalue weighted by atomic mass is 32.1. The topological polar surface area (TPSA) is 85.3 Å². The number of para-hydroxylation sites is 1. The van der Waals surface area contributed by atoms with Crippen molar-refractivity contribution in [3.8, 4) is 10.7 Å². The molecule has 2 aromatic heterocycles. The van der Waals surface area contributed by atoms with Crippen LogP contribution in [0.2, 0.25) is 0 Å². The van der Waals surface area contributed by atoms with Crippen LogP contribution in [0.15, 0.2) is 35.7 Å². The molecule has 118 valence electrons. The molecule has 0 unspecified atom stereocenters. The van der Waals surface area contributed by atoms with Crippen molar-refractivity contribution in [1.82, 2.24) is 20.4 Å². The van der Waals surface area contributed by atoms with Gasteiger partial charge < -0.3 is 9.30 Å². The fourth-order valence-corrected chi connectivity index (χ4v) is 3.06. The molecule has 3 rings (SSSR count). The molecule has 0 aliphatic carbocycles. The Hall–Kier alpha value is -2.87. The van der Waals surface area contributed by atoms with Crippen LogP contribution in [0.25, 0.3) is 21.6 Å². The van der Waals surface area contributed by atoms with E-state index in [-0.39, 0.29) is 5.69 Å². The standard InChI is InChI=1S/C15H14N4O3S/c1-19-11-6-4-3-5-9(11)7-12(19)14-16-10(8-23-14)13(20)17-18-15(21)22-2/h3-8H,1-2H3,(H,17,20)(H,18,21). The third-order valence-corrected chi connectivity index (χ3v) is 4.24. The zero-order valence-electron chi connectivity index (χ0n) is 12.5. The van der Waals surface area contributed by atoms with Crippen LogP contribution < -0.4 is 10.9 Å². The first-order valence-electron chi connectivity index (χ1n) is 6.75. The van der Waals surface area contributed by atoms with E-state index >= 15 is 0 Å². The number of carbonyl (C=O) groups excluding carboxylic acids is 2. The van der Waals surface area contributed by atoms with E-state index in [9.17, 15) is 9.59 Å². The summed E-state index contributed by atoms with van der Waals surface area (Å²) in [7, 11) is 3.17. The quantitative estimate of drug-likeness (QED) is 0.706. The average molecular weight is 330 g/mol. The van der Waals surface area contributed by atoms with Gasteiger partial charge in [-0.3, -0.25) is 10.2 Å². The zero-order valence-corrected chi connectivity index (χ0v) is 13.3. The SMILES string of the molecule is COC(=O)NNC(=O)c1csc(-c2cc3ccccc3n2C)n1. The molecule has 0 fully saturated rings. The number of aryl methyl sites for hydroxylation is 1. The predicted molar refractivity (Wildman–Crippen MR) is 87.0 cm³/mol. The number of benzene rings is 1. The molecule has 23 heavy (non-hydrogen) atoms. The van der Waals surface area contributed by atoms with Gasteiger partial charge in [0.25, 0.3) is 5.91 Å². The van der Waals surface area contributed by atoms with Gasteiger partial charge in [0.2, 0.25) is 0 Å². The summed E-state index contributed by atoms with van der Waals surface area (Å²) in [6.07, 6.45) is -0.748. The summed E-state index contributed by atoms with van der Waals surface area (Å²) in [5, 5.41) is 3.48. The smallest absolute Gasteiger partial charge is 0.425 e. The molecular formula is C15H14N4O3S. The molecule has 0 radical (unpaired) electrons. The number of nitrogens with zero attached hydrogens (tertiary/aromatic N) is 2. The number of hydrogen-bond donors (Lipinski definition) is 2. The summed E-state index contributed by atoms with van der Waals surface area (Å²) in [4.78, 5) is 27.2. The summed E-state index contributed by atoms with van der Waals surface area (Å²) in [6.45, 7) is 0. The lowest BCUT2D eigenvalue weighted by atomic mass is 10.2. The fraction of sp³-hybridized carbons (Fsp3) is 0.133. The molecule has 0 atom stereocenters. The fourth-order valence-electron chi connectivity index (χ4n) is 2.21. The largest absolute Gasteiger partial charge is 0.452 e. The second-order valence-electron chi connectivity index (χ2n) is 4.76. The van der Waals surface area contributed by atoms with Crippen molar-refractivity contribution in [2.75, 3.05) is 7.11 Å². The van der Waals surface area contributed by atoms with Crippen LogP contribution >= 0.6 is 11.3 Å². The molecule has 1 aromatic carbocycles. The molecule has 0 saturated carbocycles. The molecule has 2 heterocycles. The van der Waals surface area contributed by atoms with Gasteiger partial charge >= 0.3 is 6.09 Å². The van der Waals surface area contributed by atoms with Gasteiger partial charge in [0.1, 0.15) is 10.7 Å². The Labute approximate surface area is 135 Å². The Morgan fingerprint density at radius 2 is 2.04 bits per heavy atom. The first-order valence-corrected chi connectivity index (χ1v) is 7.63. The van der Waals surface area contributed by atoms with Crippen LogP contribution in [0.1, 0.15) is 10.5 Å². The van der Waals surface area contributed by atoms with Crippen LogP contribution in [0, 0.1) is 0 Å². The maximum atomic E-state index is 11.9. The lowest BCUT2D eigenvalue weighted by Crippen LogP contribution is -2.41. The molecule has 2 N–H and O–H groups in total. The van der Waals surface area contributed by atoms with Crippen LogP contribution in [-0.4, -0.2) is 28.7 Å². The van der Waals surface area contributed by atoms with Crippen molar-refractivity contribution in [1.29, 1.82) is 0 Å². The average Bonchev–Trinajstić information content (AvgIpc) is 3.18. The summed E-state index contributed by atoms with van der Waals surface area (Å²) in [5.74, 6) is -0.503. The minimum atomic E-state index is -0.748. The lowest BCUT2D eigenvalue weighted by Gasteiger charge is -2.03. The van der Waals surface area contributed by atoms with Gasteiger partial charge in [-0.15, -0.1) is 11.3 Å². The normalized spacial score (nSPS) is 10.5. The van der Waals surface area contributed by atoms with Gasteiger partial charge in [-0.05, 0) is 12.1 Å². The van der Waals surface area contributed by atoms with Gasteiger partial charge in [0.05, 0.1) is 12.8 Å². The number of fused-ring (bicyclic) bond motifs is 1.